The Balaban J connectivity index is 2.74. The van der Waals surface area contributed by atoms with E-state index in [0.717, 1.165) is 0 Å². The summed E-state index contributed by atoms with van der Waals surface area (Å²) in [5, 5.41) is 0. The maximum Gasteiger partial charge on any atom is 0.410 e. The largest absolute Gasteiger partial charge is 0.444 e. The highest BCUT2D eigenvalue weighted by atomic mass is 16.6. The number of hydrogen-bond donors (Lipinski definition) is 0. The molecule has 0 aromatic heterocycles. The smallest absolute Gasteiger partial charge is 0.410 e. The molecular weight excluding hydrogens is 230 g/mol. The van der Waals surface area contributed by atoms with Crippen LogP contribution in [0.15, 0.2) is 0 Å². The lowest BCUT2D eigenvalue weighted by atomic mass is 9.80. The first-order chi connectivity index (χ1) is 8.24. The molecule has 4 nitrogen and oxygen atoms in total. The minimum absolute atomic E-state index is 0.212. The molecule has 0 spiro atoms. The van der Waals surface area contributed by atoms with E-state index in [4.69, 9.17) is 11.2 Å². The van der Waals surface area contributed by atoms with Gasteiger partial charge in [0.2, 0.25) is 5.78 Å². The molecule has 1 aliphatic heterocycles. The SMILES string of the molecule is C#CC(=O)C1(CC)CCN(C(=O)OC(C)(C)C)C1. The minimum atomic E-state index is -0.578. The van der Waals surface area contributed by atoms with Gasteiger partial charge in [-0.2, -0.15) is 0 Å². The van der Waals surface area contributed by atoms with Crippen molar-refractivity contribution in [2.24, 2.45) is 5.41 Å². The van der Waals surface area contributed by atoms with Gasteiger partial charge in [-0.3, -0.25) is 4.79 Å². The maximum absolute atomic E-state index is 11.9. The predicted octanol–water partition coefficient (Wildman–Crippen LogP) is 2.23. The van der Waals surface area contributed by atoms with E-state index >= 15 is 0 Å². The third-order valence-electron chi connectivity index (χ3n) is 3.30. The number of terminal acetylenes is 1. The standard InChI is InChI=1S/C14H21NO3/c1-6-11(16)14(7-2)8-9-15(10-14)12(17)18-13(3,4)5/h1H,7-10H2,2-5H3. The average molecular weight is 251 g/mol. The van der Waals surface area contributed by atoms with Crippen LogP contribution in [0.5, 0.6) is 0 Å². The van der Waals surface area contributed by atoms with Crippen molar-refractivity contribution in [3.05, 3.63) is 0 Å². The van der Waals surface area contributed by atoms with E-state index in [1.807, 2.05) is 27.7 Å². The molecule has 0 radical (unpaired) electrons. The summed E-state index contributed by atoms with van der Waals surface area (Å²) in [7, 11) is 0. The molecule has 4 heteroatoms. The van der Waals surface area contributed by atoms with E-state index in [1.54, 1.807) is 4.90 Å². The maximum atomic E-state index is 11.9. The number of ether oxygens (including phenoxy) is 1. The molecule has 0 N–H and O–H groups in total. The Kier molecular flexibility index (Phi) is 4.05. The molecule has 1 heterocycles. The fourth-order valence-electron chi connectivity index (χ4n) is 2.14. The zero-order chi connectivity index (χ0) is 14.0. The molecule has 1 aliphatic rings. The van der Waals surface area contributed by atoms with Crippen LogP contribution in [-0.4, -0.2) is 35.5 Å². The highest BCUT2D eigenvalue weighted by Gasteiger charge is 2.44. The van der Waals surface area contributed by atoms with Crippen LogP contribution in [0.2, 0.25) is 0 Å². The normalized spacial score (nSPS) is 23.6. The van der Waals surface area contributed by atoms with Gasteiger partial charge in [-0.1, -0.05) is 6.92 Å². The molecule has 100 valence electrons. The summed E-state index contributed by atoms with van der Waals surface area (Å²) in [5.41, 5.74) is -1.10. The first-order valence-corrected chi connectivity index (χ1v) is 6.23. The molecular formula is C14H21NO3. The monoisotopic (exact) mass is 251 g/mol. The van der Waals surface area contributed by atoms with Gasteiger partial charge < -0.3 is 9.64 Å². The van der Waals surface area contributed by atoms with E-state index in [2.05, 4.69) is 5.92 Å². The van der Waals surface area contributed by atoms with Gasteiger partial charge in [0, 0.05) is 13.1 Å². The van der Waals surface area contributed by atoms with Crippen LogP contribution in [0.4, 0.5) is 4.79 Å². The number of hydrogen-bond acceptors (Lipinski definition) is 3. The number of carbonyl (C=O) groups excluding carboxylic acids is 2. The summed E-state index contributed by atoms with van der Waals surface area (Å²) < 4.78 is 5.30. The molecule has 1 saturated heterocycles. The van der Waals surface area contributed by atoms with Crippen LogP contribution >= 0.6 is 0 Å². The molecule has 0 aromatic rings. The lowest BCUT2D eigenvalue weighted by Gasteiger charge is -2.26. The van der Waals surface area contributed by atoms with Crippen molar-refractivity contribution in [3.63, 3.8) is 0 Å². The molecule has 1 atom stereocenters. The molecule has 1 amide bonds. The Bertz CT molecular complexity index is 389. The topological polar surface area (TPSA) is 46.6 Å². The molecule has 1 fully saturated rings. The second-order valence-electron chi connectivity index (χ2n) is 5.76. The Morgan fingerprint density at radius 3 is 2.50 bits per heavy atom. The Morgan fingerprint density at radius 2 is 2.06 bits per heavy atom. The summed E-state index contributed by atoms with van der Waals surface area (Å²) in [6, 6.07) is 0. The Morgan fingerprint density at radius 1 is 1.44 bits per heavy atom. The van der Waals surface area contributed by atoms with Gasteiger partial charge in [0.25, 0.3) is 0 Å². The first-order valence-electron chi connectivity index (χ1n) is 6.23. The number of amides is 1. The van der Waals surface area contributed by atoms with Crippen LogP contribution in [0, 0.1) is 17.8 Å². The number of rotatable bonds is 2. The van der Waals surface area contributed by atoms with Crippen LogP contribution in [0.3, 0.4) is 0 Å². The van der Waals surface area contributed by atoms with E-state index in [-0.39, 0.29) is 11.9 Å². The van der Waals surface area contributed by atoms with Crippen molar-refractivity contribution in [1.82, 2.24) is 4.90 Å². The molecule has 0 aromatic carbocycles. The zero-order valence-corrected chi connectivity index (χ0v) is 11.6. The predicted molar refractivity (Wildman–Crippen MR) is 69.0 cm³/mol. The van der Waals surface area contributed by atoms with E-state index in [9.17, 15) is 9.59 Å². The summed E-state index contributed by atoms with van der Waals surface area (Å²) in [6.07, 6.45) is 6.09. The van der Waals surface area contributed by atoms with Gasteiger partial charge in [0.1, 0.15) is 5.60 Å². The highest BCUT2D eigenvalue weighted by molar-refractivity contribution is 6.00. The van der Waals surface area contributed by atoms with Crippen LogP contribution in [0.25, 0.3) is 0 Å². The fourth-order valence-corrected chi connectivity index (χ4v) is 2.14. The molecule has 1 unspecified atom stereocenters. The van der Waals surface area contributed by atoms with Crippen molar-refractivity contribution < 1.29 is 14.3 Å². The van der Waals surface area contributed by atoms with Crippen LogP contribution in [0.1, 0.15) is 40.5 Å². The summed E-state index contributed by atoms with van der Waals surface area (Å²) in [6.45, 7) is 8.27. The van der Waals surface area contributed by atoms with Crippen molar-refractivity contribution in [3.8, 4) is 12.3 Å². The lowest BCUT2D eigenvalue weighted by Crippen LogP contribution is -2.39. The third-order valence-corrected chi connectivity index (χ3v) is 3.30. The second kappa shape index (κ2) is 5.01. The molecule has 18 heavy (non-hydrogen) atoms. The van der Waals surface area contributed by atoms with Crippen molar-refractivity contribution in [2.45, 2.75) is 46.1 Å². The summed E-state index contributed by atoms with van der Waals surface area (Å²) in [4.78, 5) is 25.3. The molecule has 0 aliphatic carbocycles. The van der Waals surface area contributed by atoms with Gasteiger partial charge in [-0.15, -0.1) is 6.42 Å². The van der Waals surface area contributed by atoms with Crippen molar-refractivity contribution >= 4 is 11.9 Å². The van der Waals surface area contributed by atoms with Gasteiger partial charge in [0.15, 0.2) is 0 Å². The third kappa shape index (κ3) is 3.04. The minimum Gasteiger partial charge on any atom is -0.444 e. The quantitative estimate of drug-likeness (QED) is 0.558. The van der Waals surface area contributed by atoms with Gasteiger partial charge in [-0.25, -0.2) is 4.79 Å². The zero-order valence-electron chi connectivity index (χ0n) is 11.6. The molecule has 0 saturated carbocycles. The van der Waals surface area contributed by atoms with Crippen molar-refractivity contribution in [2.75, 3.05) is 13.1 Å². The number of likely N-dealkylation sites (tertiary alicyclic amines) is 1. The average Bonchev–Trinajstić information content (AvgIpc) is 2.71. The Hall–Kier alpha value is -1.50. The van der Waals surface area contributed by atoms with E-state index < -0.39 is 11.0 Å². The number of nitrogens with zero attached hydrogens (tertiary/aromatic N) is 1. The molecule has 0 bridgehead atoms. The Labute approximate surface area is 109 Å². The fraction of sp³-hybridized carbons (Fsp3) is 0.714. The number of carbonyl (C=O) groups is 2. The van der Waals surface area contributed by atoms with E-state index in [0.29, 0.717) is 25.9 Å². The van der Waals surface area contributed by atoms with Crippen LogP contribution in [-0.2, 0) is 9.53 Å². The molecule has 1 rings (SSSR count). The van der Waals surface area contributed by atoms with Crippen LogP contribution < -0.4 is 0 Å². The number of ketones is 1. The lowest BCUT2D eigenvalue weighted by molar-refractivity contribution is -0.122. The van der Waals surface area contributed by atoms with Gasteiger partial charge in [-0.05, 0) is 39.5 Å². The van der Waals surface area contributed by atoms with Gasteiger partial charge in [0.05, 0.1) is 5.41 Å². The summed E-state index contributed by atoms with van der Waals surface area (Å²) in [5.74, 6) is 1.98. The number of Topliss-reactive ketones (excluding diaryl/α,β-unsaturated/α-hetero) is 1. The summed E-state index contributed by atoms with van der Waals surface area (Å²) >= 11 is 0. The van der Waals surface area contributed by atoms with Crippen molar-refractivity contribution in [1.29, 1.82) is 0 Å². The van der Waals surface area contributed by atoms with Gasteiger partial charge >= 0.3 is 6.09 Å². The van der Waals surface area contributed by atoms with E-state index in [1.165, 1.54) is 0 Å². The second-order valence-corrected chi connectivity index (χ2v) is 5.76. The highest BCUT2D eigenvalue weighted by Crippen LogP contribution is 2.35. The first kappa shape index (κ1) is 14.6.